The van der Waals surface area contributed by atoms with Gasteiger partial charge in [0, 0.05) is 12.8 Å². The first kappa shape index (κ1) is 53.5. The standard InChI is InChI=1S/C46H79O9P/c1-4-5-6-7-8-9-10-14-18-21-24-27-31-36-43(47)37-32-29-34-39-46(49)55-44(41-54-56(50,51)52)40-53-45(48)38-33-28-25-22-19-16-13-11-12-15-17-20-23-26-30-35-42(2)3/h5-6,8-9,14,18,24,27,29,31-32,36,42-44,47H,4,7,10-13,15-17,19-23,25-26,28,30,33-35,37-41H2,1-3H3,(H2,50,51,52)/b6-5-,9-8-,18-14-,27-24-,32-29-,36-31-/t43?,44-/m1/s1. The summed E-state index contributed by atoms with van der Waals surface area (Å²) in [6.45, 7) is 5.77. The van der Waals surface area contributed by atoms with E-state index in [2.05, 4.69) is 61.8 Å². The fraction of sp³-hybridized carbons (Fsp3) is 0.696. The van der Waals surface area contributed by atoms with Crippen molar-refractivity contribution in [3.05, 3.63) is 72.9 Å². The van der Waals surface area contributed by atoms with Crippen LogP contribution in [0.4, 0.5) is 0 Å². The van der Waals surface area contributed by atoms with Crippen LogP contribution in [0.3, 0.4) is 0 Å². The lowest BCUT2D eigenvalue weighted by Gasteiger charge is -2.18. The molecule has 0 aromatic rings. The van der Waals surface area contributed by atoms with E-state index in [1.807, 2.05) is 12.2 Å². The molecule has 0 saturated heterocycles. The highest BCUT2D eigenvalue weighted by molar-refractivity contribution is 7.46. The molecule has 1 unspecified atom stereocenters. The zero-order chi connectivity index (χ0) is 41.4. The van der Waals surface area contributed by atoms with Crippen LogP contribution in [0.15, 0.2) is 72.9 Å². The number of aliphatic hydroxyl groups is 1. The SMILES string of the molecule is CC/C=C\C/C=C\C/C=C\C/C=C\C=C/C(O)C/C=C\CCC(=O)O[C@H](COC(=O)CCCCCCCCCCCCCCCCCC(C)C)COP(=O)(O)O. The molecule has 0 heterocycles. The number of carbonyl (C=O) groups is 2. The molecule has 9 nitrogen and oxygen atoms in total. The van der Waals surface area contributed by atoms with Crippen LogP contribution >= 0.6 is 7.82 Å². The summed E-state index contributed by atoms with van der Waals surface area (Å²) in [5.74, 6) is -0.238. The van der Waals surface area contributed by atoms with E-state index in [0.717, 1.165) is 50.9 Å². The van der Waals surface area contributed by atoms with Crippen LogP contribution < -0.4 is 0 Å². The minimum atomic E-state index is -4.81. The zero-order valence-corrected chi connectivity index (χ0v) is 36.2. The predicted octanol–water partition coefficient (Wildman–Crippen LogP) is 12.3. The molecule has 2 atom stereocenters. The molecule has 0 aliphatic rings. The number of rotatable bonds is 38. The Morgan fingerprint density at radius 2 is 1.12 bits per heavy atom. The van der Waals surface area contributed by atoms with Crippen molar-refractivity contribution in [3.63, 3.8) is 0 Å². The van der Waals surface area contributed by atoms with Crippen molar-refractivity contribution in [2.24, 2.45) is 5.92 Å². The third kappa shape index (κ3) is 42.6. The molecule has 3 N–H and O–H groups in total. The lowest BCUT2D eigenvalue weighted by molar-refractivity contribution is -0.161. The molecule has 10 heteroatoms. The Morgan fingerprint density at radius 1 is 0.607 bits per heavy atom. The molecule has 0 saturated carbocycles. The van der Waals surface area contributed by atoms with E-state index in [4.69, 9.17) is 19.3 Å². The predicted molar refractivity (Wildman–Crippen MR) is 231 cm³/mol. The van der Waals surface area contributed by atoms with Crippen molar-refractivity contribution in [2.75, 3.05) is 13.2 Å². The monoisotopic (exact) mass is 807 g/mol. The number of hydrogen-bond acceptors (Lipinski definition) is 7. The van der Waals surface area contributed by atoms with Gasteiger partial charge in [-0.1, -0.05) is 190 Å². The van der Waals surface area contributed by atoms with Crippen LogP contribution in [0, 0.1) is 5.92 Å². The molecule has 322 valence electrons. The van der Waals surface area contributed by atoms with Crippen molar-refractivity contribution in [1.29, 1.82) is 0 Å². The highest BCUT2D eigenvalue weighted by Crippen LogP contribution is 2.36. The smallest absolute Gasteiger partial charge is 0.462 e. The summed E-state index contributed by atoms with van der Waals surface area (Å²) in [7, 11) is -4.81. The second-order valence-corrected chi connectivity index (χ2v) is 16.2. The Bertz CT molecular complexity index is 1170. The lowest BCUT2D eigenvalue weighted by atomic mass is 10.0. The van der Waals surface area contributed by atoms with Crippen LogP contribution in [-0.2, 0) is 28.2 Å². The average Bonchev–Trinajstić information content (AvgIpc) is 3.15. The first-order valence-corrected chi connectivity index (χ1v) is 23.2. The van der Waals surface area contributed by atoms with Gasteiger partial charge < -0.3 is 24.4 Å². The Hall–Kier alpha value is -2.55. The summed E-state index contributed by atoms with van der Waals surface area (Å²) in [6.07, 6.45) is 46.6. The number of phosphoric ester groups is 1. The van der Waals surface area contributed by atoms with Gasteiger partial charge in [0.2, 0.25) is 0 Å². The molecule has 0 aliphatic carbocycles. The number of phosphoric acid groups is 1. The number of esters is 2. The van der Waals surface area contributed by atoms with Crippen molar-refractivity contribution >= 4 is 19.8 Å². The number of allylic oxidation sites excluding steroid dienone is 10. The molecule has 0 radical (unpaired) electrons. The quantitative estimate of drug-likeness (QED) is 0.0183. The van der Waals surface area contributed by atoms with E-state index in [1.165, 1.54) is 77.0 Å². The second-order valence-electron chi connectivity index (χ2n) is 15.0. The highest BCUT2D eigenvalue weighted by Gasteiger charge is 2.22. The number of hydrogen-bond donors (Lipinski definition) is 3. The van der Waals surface area contributed by atoms with Gasteiger partial charge in [0.05, 0.1) is 12.7 Å². The van der Waals surface area contributed by atoms with Gasteiger partial charge in [-0.15, -0.1) is 0 Å². The van der Waals surface area contributed by atoms with Gasteiger partial charge in [0.25, 0.3) is 0 Å². The van der Waals surface area contributed by atoms with Gasteiger partial charge in [0.1, 0.15) is 6.61 Å². The van der Waals surface area contributed by atoms with Crippen molar-refractivity contribution in [2.45, 2.75) is 187 Å². The molecule has 56 heavy (non-hydrogen) atoms. The fourth-order valence-electron chi connectivity index (χ4n) is 5.79. The topological polar surface area (TPSA) is 140 Å². The van der Waals surface area contributed by atoms with Gasteiger partial charge in [-0.3, -0.25) is 14.1 Å². The van der Waals surface area contributed by atoms with Crippen LogP contribution in [-0.4, -0.2) is 52.3 Å². The Labute approximate surface area is 341 Å². The average molecular weight is 807 g/mol. The maximum absolute atomic E-state index is 12.4. The van der Waals surface area contributed by atoms with E-state index in [9.17, 15) is 19.3 Å². The van der Waals surface area contributed by atoms with Crippen LogP contribution in [0.1, 0.15) is 175 Å². The maximum Gasteiger partial charge on any atom is 0.469 e. The summed E-state index contributed by atoms with van der Waals surface area (Å²) in [5, 5.41) is 10.2. The van der Waals surface area contributed by atoms with E-state index in [-0.39, 0.29) is 19.4 Å². The van der Waals surface area contributed by atoms with Gasteiger partial charge in [-0.25, -0.2) is 4.57 Å². The number of ether oxygens (including phenoxy) is 2. The number of unbranched alkanes of at least 4 members (excludes halogenated alkanes) is 14. The Kier molecular flexibility index (Phi) is 37.5. The molecule has 0 rings (SSSR count). The van der Waals surface area contributed by atoms with E-state index in [1.54, 1.807) is 24.3 Å². The summed E-state index contributed by atoms with van der Waals surface area (Å²) in [6, 6.07) is 0. The Morgan fingerprint density at radius 3 is 1.66 bits per heavy atom. The number of aliphatic hydroxyl groups excluding tert-OH is 1. The zero-order valence-electron chi connectivity index (χ0n) is 35.3. The third-order valence-electron chi connectivity index (χ3n) is 9.01. The van der Waals surface area contributed by atoms with Crippen molar-refractivity contribution in [3.8, 4) is 0 Å². The Balaban J connectivity index is 4.11. The molecular formula is C46H79O9P. The minimum absolute atomic E-state index is 0.00349. The normalized spacial score (nSPS) is 13.8. The lowest BCUT2D eigenvalue weighted by Crippen LogP contribution is -2.29. The van der Waals surface area contributed by atoms with E-state index < -0.39 is 38.6 Å². The fourth-order valence-corrected chi connectivity index (χ4v) is 6.15. The van der Waals surface area contributed by atoms with Gasteiger partial charge >= 0.3 is 19.8 Å². The van der Waals surface area contributed by atoms with Gasteiger partial charge in [-0.05, 0) is 50.9 Å². The summed E-state index contributed by atoms with van der Waals surface area (Å²) in [4.78, 5) is 42.9. The molecule has 0 aliphatic heterocycles. The first-order chi connectivity index (χ1) is 27.0. The molecule has 0 amide bonds. The van der Waals surface area contributed by atoms with E-state index >= 15 is 0 Å². The minimum Gasteiger partial charge on any atom is -0.462 e. The molecule has 0 fully saturated rings. The van der Waals surface area contributed by atoms with Crippen molar-refractivity contribution in [1.82, 2.24) is 0 Å². The summed E-state index contributed by atoms with van der Waals surface area (Å²) < 4.78 is 26.3. The molecular weight excluding hydrogens is 727 g/mol. The third-order valence-corrected chi connectivity index (χ3v) is 9.50. The molecule has 0 bridgehead atoms. The van der Waals surface area contributed by atoms with E-state index in [0.29, 0.717) is 19.3 Å². The maximum atomic E-state index is 12.4. The second kappa shape index (κ2) is 39.3. The van der Waals surface area contributed by atoms with Crippen LogP contribution in [0.25, 0.3) is 0 Å². The largest absolute Gasteiger partial charge is 0.469 e. The summed E-state index contributed by atoms with van der Waals surface area (Å²) >= 11 is 0. The number of carbonyl (C=O) groups excluding carboxylic acids is 2. The van der Waals surface area contributed by atoms with Crippen molar-refractivity contribution < 1.29 is 43.0 Å². The highest BCUT2D eigenvalue weighted by atomic mass is 31.2. The molecule has 0 aromatic carbocycles. The van der Waals surface area contributed by atoms with Crippen LogP contribution in [0.2, 0.25) is 0 Å². The van der Waals surface area contributed by atoms with Crippen LogP contribution in [0.5, 0.6) is 0 Å². The summed E-state index contributed by atoms with van der Waals surface area (Å²) in [5.41, 5.74) is 0. The first-order valence-electron chi connectivity index (χ1n) is 21.7. The molecule has 0 aromatic heterocycles. The molecule has 0 spiro atoms. The van der Waals surface area contributed by atoms with Gasteiger partial charge in [0.15, 0.2) is 6.10 Å². The van der Waals surface area contributed by atoms with Gasteiger partial charge in [-0.2, -0.15) is 0 Å².